The van der Waals surface area contributed by atoms with Crippen molar-refractivity contribution in [1.82, 2.24) is 9.97 Å². The number of aromatic nitrogens is 2. The van der Waals surface area contributed by atoms with Crippen molar-refractivity contribution >= 4 is 33.4 Å². The van der Waals surface area contributed by atoms with E-state index in [1.165, 1.54) is 0 Å². The van der Waals surface area contributed by atoms with Crippen molar-refractivity contribution < 1.29 is 4.74 Å². The molecule has 0 saturated heterocycles. The van der Waals surface area contributed by atoms with Crippen LogP contribution in [0.15, 0.2) is 28.9 Å². The zero-order valence-corrected chi connectivity index (χ0v) is 13.3. The molecule has 2 rings (SSSR count). The molecule has 1 heterocycles. The first-order chi connectivity index (χ1) is 9.63. The van der Waals surface area contributed by atoms with E-state index in [-0.39, 0.29) is 0 Å². The first-order valence-electron chi connectivity index (χ1n) is 6.32. The summed E-state index contributed by atoms with van der Waals surface area (Å²) in [6.07, 6.45) is 1.80. The summed E-state index contributed by atoms with van der Waals surface area (Å²) in [6, 6.07) is 5.79. The van der Waals surface area contributed by atoms with Gasteiger partial charge < -0.3 is 15.4 Å². The molecule has 0 spiro atoms. The van der Waals surface area contributed by atoms with Crippen LogP contribution in [0.1, 0.15) is 12.5 Å². The summed E-state index contributed by atoms with van der Waals surface area (Å²) in [5, 5.41) is 6.39. The summed E-state index contributed by atoms with van der Waals surface area (Å²) in [5.74, 6) is 2.20. The van der Waals surface area contributed by atoms with Crippen molar-refractivity contribution in [2.75, 3.05) is 24.3 Å². The Kier molecular flexibility index (Phi) is 4.79. The van der Waals surface area contributed by atoms with Crippen LogP contribution < -0.4 is 15.4 Å². The maximum atomic E-state index is 5.21. The summed E-state index contributed by atoms with van der Waals surface area (Å²) >= 11 is 3.47. The molecule has 0 unspecified atom stereocenters. The third-order valence-corrected chi connectivity index (χ3v) is 3.34. The fraction of sp³-hybridized carbons (Fsp3) is 0.286. The highest BCUT2D eigenvalue weighted by atomic mass is 79.9. The number of methoxy groups -OCH3 is 1. The average molecular weight is 337 g/mol. The van der Waals surface area contributed by atoms with Crippen LogP contribution in [0, 0.1) is 6.92 Å². The van der Waals surface area contributed by atoms with Gasteiger partial charge in [0.1, 0.15) is 11.6 Å². The largest absolute Gasteiger partial charge is 0.496 e. The third-order valence-electron chi connectivity index (χ3n) is 2.72. The van der Waals surface area contributed by atoms with Gasteiger partial charge in [-0.05, 0) is 48.0 Å². The number of hydrogen-bond acceptors (Lipinski definition) is 5. The predicted octanol–water partition coefficient (Wildman–Crippen LogP) is 3.73. The lowest BCUT2D eigenvalue weighted by Gasteiger charge is -2.11. The van der Waals surface area contributed by atoms with Crippen molar-refractivity contribution in [1.29, 1.82) is 0 Å². The van der Waals surface area contributed by atoms with Crippen LogP contribution in [-0.4, -0.2) is 23.6 Å². The fourth-order valence-corrected chi connectivity index (χ4v) is 2.23. The highest BCUT2D eigenvalue weighted by Gasteiger charge is 2.06. The van der Waals surface area contributed by atoms with Crippen molar-refractivity contribution in [2.45, 2.75) is 13.8 Å². The Bertz CT molecular complexity index is 604. The molecule has 5 nitrogen and oxygen atoms in total. The number of ether oxygens (including phenoxy) is 1. The maximum absolute atomic E-state index is 5.21. The molecule has 6 heteroatoms. The summed E-state index contributed by atoms with van der Waals surface area (Å²) < 4.78 is 6.11. The number of aryl methyl sites for hydroxylation is 1. The Labute approximate surface area is 126 Å². The van der Waals surface area contributed by atoms with Gasteiger partial charge in [-0.3, -0.25) is 0 Å². The number of halogens is 1. The standard InChI is InChI=1S/C14H17BrN4O/c1-4-16-14-17-8-9(2)13(19-14)18-10-5-6-12(20-3)11(15)7-10/h5-8H,4H2,1-3H3,(H2,16,17,18,19). The molecule has 1 aromatic carbocycles. The number of rotatable bonds is 5. The molecular weight excluding hydrogens is 320 g/mol. The smallest absolute Gasteiger partial charge is 0.224 e. The Balaban J connectivity index is 2.24. The van der Waals surface area contributed by atoms with Gasteiger partial charge in [-0.1, -0.05) is 0 Å². The third kappa shape index (κ3) is 3.39. The Morgan fingerprint density at radius 3 is 2.80 bits per heavy atom. The molecule has 0 aliphatic rings. The molecule has 0 atom stereocenters. The highest BCUT2D eigenvalue weighted by Crippen LogP contribution is 2.29. The molecule has 0 aliphatic heterocycles. The fourth-order valence-electron chi connectivity index (χ4n) is 1.69. The minimum absolute atomic E-state index is 0.619. The van der Waals surface area contributed by atoms with Crippen molar-refractivity contribution in [3.05, 3.63) is 34.4 Å². The summed E-state index contributed by atoms with van der Waals surface area (Å²) in [6.45, 7) is 4.77. The first-order valence-corrected chi connectivity index (χ1v) is 7.11. The van der Waals surface area contributed by atoms with Crippen LogP contribution in [0.4, 0.5) is 17.5 Å². The van der Waals surface area contributed by atoms with E-state index in [0.29, 0.717) is 5.95 Å². The van der Waals surface area contributed by atoms with Gasteiger partial charge in [-0.2, -0.15) is 4.98 Å². The van der Waals surface area contributed by atoms with E-state index in [1.807, 2.05) is 32.0 Å². The van der Waals surface area contributed by atoms with Crippen LogP contribution in [0.2, 0.25) is 0 Å². The Morgan fingerprint density at radius 1 is 1.35 bits per heavy atom. The van der Waals surface area contributed by atoms with Gasteiger partial charge in [0.25, 0.3) is 0 Å². The van der Waals surface area contributed by atoms with E-state index in [0.717, 1.165) is 33.8 Å². The normalized spacial score (nSPS) is 10.2. The zero-order chi connectivity index (χ0) is 14.5. The van der Waals surface area contributed by atoms with Crippen molar-refractivity contribution in [3.63, 3.8) is 0 Å². The van der Waals surface area contributed by atoms with Crippen molar-refractivity contribution in [3.8, 4) is 5.75 Å². The number of hydrogen-bond donors (Lipinski definition) is 2. The van der Waals surface area contributed by atoms with E-state index >= 15 is 0 Å². The number of anilines is 3. The summed E-state index contributed by atoms with van der Waals surface area (Å²) in [4.78, 5) is 8.67. The van der Waals surface area contributed by atoms with E-state index < -0.39 is 0 Å². The minimum Gasteiger partial charge on any atom is -0.496 e. The quantitative estimate of drug-likeness (QED) is 0.871. The summed E-state index contributed by atoms with van der Waals surface area (Å²) in [7, 11) is 1.64. The van der Waals surface area contributed by atoms with Crippen LogP contribution in [-0.2, 0) is 0 Å². The molecule has 0 saturated carbocycles. The highest BCUT2D eigenvalue weighted by molar-refractivity contribution is 9.10. The van der Waals surface area contributed by atoms with E-state index in [2.05, 4.69) is 36.5 Å². The zero-order valence-electron chi connectivity index (χ0n) is 11.7. The first kappa shape index (κ1) is 14.6. The van der Waals surface area contributed by atoms with Crippen LogP contribution in [0.5, 0.6) is 5.75 Å². The average Bonchev–Trinajstić information content (AvgIpc) is 2.43. The van der Waals surface area contributed by atoms with Crippen molar-refractivity contribution in [2.24, 2.45) is 0 Å². The molecule has 2 aromatic rings. The number of nitrogens with one attached hydrogen (secondary N) is 2. The van der Waals surface area contributed by atoms with Gasteiger partial charge in [-0.25, -0.2) is 4.98 Å². The Morgan fingerprint density at radius 2 is 2.15 bits per heavy atom. The van der Waals surface area contributed by atoms with Gasteiger partial charge in [-0.15, -0.1) is 0 Å². The molecule has 0 bridgehead atoms. The van der Waals surface area contributed by atoms with E-state index in [9.17, 15) is 0 Å². The maximum Gasteiger partial charge on any atom is 0.224 e. The molecule has 1 aromatic heterocycles. The molecule has 2 N–H and O–H groups in total. The lowest BCUT2D eigenvalue weighted by molar-refractivity contribution is 0.412. The monoisotopic (exact) mass is 336 g/mol. The molecule has 0 amide bonds. The van der Waals surface area contributed by atoms with Gasteiger partial charge >= 0.3 is 0 Å². The number of nitrogens with zero attached hydrogens (tertiary/aromatic N) is 2. The topological polar surface area (TPSA) is 59.1 Å². The van der Waals surface area contributed by atoms with E-state index in [4.69, 9.17) is 4.74 Å². The second-order valence-electron chi connectivity index (χ2n) is 4.23. The SMILES string of the molecule is CCNc1ncc(C)c(Nc2ccc(OC)c(Br)c2)n1. The second-order valence-corrected chi connectivity index (χ2v) is 5.08. The van der Waals surface area contributed by atoms with Gasteiger partial charge in [0.05, 0.1) is 11.6 Å². The molecule has 0 radical (unpaired) electrons. The molecular formula is C14H17BrN4O. The second kappa shape index (κ2) is 6.56. The molecule has 0 aliphatic carbocycles. The lowest BCUT2D eigenvalue weighted by Crippen LogP contribution is -2.05. The Hall–Kier alpha value is -1.82. The number of benzene rings is 1. The van der Waals surface area contributed by atoms with E-state index in [1.54, 1.807) is 13.3 Å². The minimum atomic E-state index is 0.619. The predicted molar refractivity (Wildman–Crippen MR) is 84.9 cm³/mol. The van der Waals surface area contributed by atoms with Crippen LogP contribution in [0.25, 0.3) is 0 Å². The van der Waals surface area contributed by atoms with Gasteiger partial charge in [0, 0.05) is 24.0 Å². The van der Waals surface area contributed by atoms with Gasteiger partial charge in [0.15, 0.2) is 0 Å². The lowest BCUT2D eigenvalue weighted by atomic mass is 10.3. The van der Waals surface area contributed by atoms with Gasteiger partial charge in [0.2, 0.25) is 5.95 Å². The van der Waals surface area contributed by atoms with Crippen LogP contribution in [0.3, 0.4) is 0 Å². The molecule has 0 fully saturated rings. The molecule has 20 heavy (non-hydrogen) atoms. The summed E-state index contributed by atoms with van der Waals surface area (Å²) in [5.41, 5.74) is 1.92. The van der Waals surface area contributed by atoms with Crippen LogP contribution >= 0.6 is 15.9 Å². The molecule has 106 valence electrons.